The molecule has 0 aromatic heterocycles. The predicted molar refractivity (Wildman–Crippen MR) is 103 cm³/mol. The molecule has 6 nitrogen and oxygen atoms in total. The van der Waals surface area contributed by atoms with Gasteiger partial charge in [-0.3, -0.25) is 0 Å². The van der Waals surface area contributed by atoms with E-state index >= 15 is 0 Å². The molecule has 0 atom stereocenters. The van der Waals surface area contributed by atoms with E-state index in [2.05, 4.69) is 29.4 Å². The molecule has 0 unspecified atom stereocenters. The zero-order valence-corrected chi connectivity index (χ0v) is 15.7. The van der Waals surface area contributed by atoms with Gasteiger partial charge in [-0.05, 0) is 49.6 Å². The summed E-state index contributed by atoms with van der Waals surface area (Å²) in [4.78, 5) is 14.9. The zero-order valence-electron chi connectivity index (χ0n) is 14.1. The number of carbonyl (C=O) groups is 1. The highest BCUT2D eigenvalue weighted by Gasteiger charge is 2.12. The third-order valence-corrected chi connectivity index (χ3v) is 4.23. The molecular formula is C16H25ClN4O2S. The van der Waals surface area contributed by atoms with Gasteiger partial charge in [0.2, 0.25) is 0 Å². The lowest BCUT2D eigenvalue weighted by Crippen LogP contribution is -2.44. The molecule has 24 heavy (non-hydrogen) atoms. The molecule has 0 radical (unpaired) electrons. The van der Waals surface area contributed by atoms with E-state index in [0.29, 0.717) is 23.2 Å². The van der Waals surface area contributed by atoms with Crippen molar-refractivity contribution >= 4 is 40.7 Å². The molecular weight excluding hydrogens is 348 g/mol. The van der Waals surface area contributed by atoms with Crippen LogP contribution < -0.4 is 10.6 Å². The minimum atomic E-state index is -1.03. The second kappa shape index (κ2) is 11.1. The number of hydrogen-bond donors (Lipinski definition) is 3. The molecule has 0 bridgehead atoms. The maximum atomic E-state index is 10.6. The molecule has 1 amide bonds. The first-order valence-corrected chi connectivity index (χ1v) is 8.75. The number of halogens is 1. The van der Waals surface area contributed by atoms with Crippen LogP contribution in [0.15, 0.2) is 24.3 Å². The molecule has 0 aliphatic rings. The number of carboxylic acid groups (broad SMARTS) is 1. The van der Waals surface area contributed by atoms with Crippen molar-refractivity contribution in [3.8, 4) is 0 Å². The van der Waals surface area contributed by atoms with Crippen LogP contribution in [0.4, 0.5) is 10.5 Å². The molecule has 0 heterocycles. The quantitative estimate of drug-likeness (QED) is 0.579. The summed E-state index contributed by atoms with van der Waals surface area (Å²) in [6.07, 6.45) is -1.03. The number of nitrogens with zero attached hydrogens (tertiary/aromatic N) is 2. The summed E-state index contributed by atoms with van der Waals surface area (Å²) >= 11 is 11.4. The van der Waals surface area contributed by atoms with Gasteiger partial charge in [-0.1, -0.05) is 25.4 Å². The molecule has 0 saturated heterocycles. The van der Waals surface area contributed by atoms with Crippen molar-refractivity contribution in [2.45, 2.75) is 13.8 Å². The van der Waals surface area contributed by atoms with Crippen molar-refractivity contribution in [2.24, 2.45) is 0 Å². The monoisotopic (exact) mass is 372 g/mol. The largest absolute Gasteiger partial charge is 0.465 e. The van der Waals surface area contributed by atoms with E-state index in [-0.39, 0.29) is 0 Å². The number of amides is 1. The van der Waals surface area contributed by atoms with Crippen molar-refractivity contribution in [1.82, 2.24) is 15.1 Å². The van der Waals surface area contributed by atoms with E-state index in [4.69, 9.17) is 28.9 Å². The topological polar surface area (TPSA) is 67.8 Å². The van der Waals surface area contributed by atoms with E-state index in [1.165, 1.54) is 0 Å². The number of anilines is 1. The lowest BCUT2D eigenvalue weighted by atomic mass is 10.3. The summed E-state index contributed by atoms with van der Waals surface area (Å²) < 4.78 is 0. The van der Waals surface area contributed by atoms with Crippen molar-refractivity contribution < 1.29 is 9.90 Å². The van der Waals surface area contributed by atoms with Crippen LogP contribution in [0.1, 0.15) is 13.8 Å². The standard InChI is InChI=1S/C16H25ClN4O2S/c1-3-20(4-2)11-12-21(10-9-18-16(22)23)15(24)19-14-7-5-13(17)6-8-14/h5-8,18H,3-4,9-12H2,1-2H3,(H,19,24)(H,22,23). The second-order valence-electron chi connectivity index (χ2n) is 5.18. The Balaban J connectivity index is 2.64. The Hall–Kier alpha value is -1.57. The van der Waals surface area contributed by atoms with E-state index in [1.807, 2.05) is 17.0 Å². The molecule has 1 aromatic carbocycles. The minimum Gasteiger partial charge on any atom is -0.465 e. The van der Waals surface area contributed by atoms with Gasteiger partial charge < -0.3 is 25.5 Å². The van der Waals surface area contributed by atoms with Crippen LogP contribution in [-0.4, -0.2) is 65.4 Å². The average Bonchev–Trinajstić information content (AvgIpc) is 2.55. The number of thiocarbonyl (C=S) groups is 1. The molecule has 3 N–H and O–H groups in total. The van der Waals surface area contributed by atoms with Crippen LogP contribution in [-0.2, 0) is 0 Å². The summed E-state index contributed by atoms with van der Waals surface area (Å²) in [5.74, 6) is 0. The third-order valence-electron chi connectivity index (χ3n) is 3.62. The number of benzene rings is 1. The van der Waals surface area contributed by atoms with E-state index in [9.17, 15) is 4.79 Å². The Labute approximate surface area is 153 Å². The maximum Gasteiger partial charge on any atom is 0.404 e. The molecule has 134 valence electrons. The van der Waals surface area contributed by atoms with Gasteiger partial charge >= 0.3 is 6.09 Å². The zero-order chi connectivity index (χ0) is 17.9. The SMILES string of the molecule is CCN(CC)CCN(CCNC(=O)O)C(=S)Nc1ccc(Cl)cc1. The maximum absolute atomic E-state index is 10.6. The molecule has 8 heteroatoms. The van der Waals surface area contributed by atoms with Crippen molar-refractivity contribution in [2.75, 3.05) is 44.6 Å². The minimum absolute atomic E-state index is 0.315. The van der Waals surface area contributed by atoms with Gasteiger partial charge in [0.1, 0.15) is 0 Å². The highest BCUT2D eigenvalue weighted by atomic mass is 35.5. The van der Waals surface area contributed by atoms with Crippen LogP contribution in [0.5, 0.6) is 0 Å². The summed E-state index contributed by atoms with van der Waals surface area (Å²) in [6.45, 7) is 8.58. The first-order chi connectivity index (χ1) is 11.5. The fourth-order valence-electron chi connectivity index (χ4n) is 2.15. The van der Waals surface area contributed by atoms with Gasteiger partial charge in [-0.25, -0.2) is 4.79 Å². The van der Waals surface area contributed by atoms with E-state index in [1.54, 1.807) is 12.1 Å². The Bertz CT molecular complexity index is 523. The van der Waals surface area contributed by atoms with Crippen molar-refractivity contribution in [3.63, 3.8) is 0 Å². The normalized spacial score (nSPS) is 10.5. The van der Waals surface area contributed by atoms with Crippen LogP contribution in [0, 0.1) is 0 Å². The van der Waals surface area contributed by atoms with Crippen molar-refractivity contribution in [1.29, 1.82) is 0 Å². The molecule has 1 aromatic rings. The first kappa shape index (κ1) is 20.5. The predicted octanol–water partition coefficient (Wildman–Crippen LogP) is 2.95. The molecule has 0 aliphatic heterocycles. The smallest absolute Gasteiger partial charge is 0.404 e. The number of hydrogen-bond acceptors (Lipinski definition) is 3. The van der Waals surface area contributed by atoms with Gasteiger partial charge in [0.15, 0.2) is 5.11 Å². The number of nitrogens with one attached hydrogen (secondary N) is 2. The van der Waals surface area contributed by atoms with Gasteiger partial charge in [0.05, 0.1) is 0 Å². The molecule has 0 fully saturated rings. The highest BCUT2D eigenvalue weighted by Crippen LogP contribution is 2.14. The Morgan fingerprint density at radius 1 is 1.17 bits per heavy atom. The third kappa shape index (κ3) is 7.81. The number of likely N-dealkylation sites (N-methyl/N-ethyl adjacent to an activating group) is 1. The molecule has 0 saturated carbocycles. The van der Waals surface area contributed by atoms with Gasteiger partial charge in [-0.2, -0.15) is 0 Å². The van der Waals surface area contributed by atoms with Gasteiger partial charge in [0, 0.05) is 36.9 Å². The van der Waals surface area contributed by atoms with Gasteiger partial charge in [0.25, 0.3) is 0 Å². The Morgan fingerprint density at radius 3 is 2.33 bits per heavy atom. The van der Waals surface area contributed by atoms with Crippen LogP contribution >= 0.6 is 23.8 Å². The Morgan fingerprint density at radius 2 is 1.79 bits per heavy atom. The van der Waals surface area contributed by atoms with E-state index in [0.717, 1.165) is 31.9 Å². The molecule has 0 spiro atoms. The fraction of sp³-hybridized carbons (Fsp3) is 0.500. The fourth-order valence-corrected chi connectivity index (χ4v) is 2.58. The first-order valence-electron chi connectivity index (χ1n) is 7.96. The number of rotatable bonds is 9. The lowest BCUT2D eigenvalue weighted by molar-refractivity contribution is 0.193. The van der Waals surface area contributed by atoms with Crippen LogP contribution in [0.25, 0.3) is 0 Å². The summed E-state index contributed by atoms with van der Waals surface area (Å²) in [5.41, 5.74) is 0.850. The van der Waals surface area contributed by atoms with Gasteiger partial charge in [-0.15, -0.1) is 0 Å². The second-order valence-corrected chi connectivity index (χ2v) is 6.01. The summed E-state index contributed by atoms with van der Waals surface area (Å²) in [5, 5.41) is 15.5. The van der Waals surface area contributed by atoms with Crippen LogP contribution in [0.3, 0.4) is 0 Å². The lowest BCUT2D eigenvalue weighted by Gasteiger charge is -2.28. The van der Waals surface area contributed by atoms with Crippen LogP contribution in [0.2, 0.25) is 5.02 Å². The average molecular weight is 373 g/mol. The van der Waals surface area contributed by atoms with E-state index < -0.39 is 6.09 Å². The summed E-state index contributed by atoms with van der Waals surface area (Å²) in [7, 11) is 0. The molecule has 0 aliphatic carbocycles. The highest BCUT2D eigenvalue weighted by molar-refractivity contribution is 7.80. The Kier molecular flexibility index (Phi) is 9.44. The summed E-state index contributed by atoms with van der Waals surface area (Å²) in [6, 6.07) is 7.29. The molecule has 1 rings (SSSR count). The van der Waals surface area contributed by atoms with Crippen molar-refractivity contribution in [3.05, 3.63) is 29.3 Å².